The van der Waals surface area contributed by atoms with Crippen molar-refractivity contribution in [2.24, 2.45) is 0 Å². The Morgan fingerprint density at radius 1 is 1.50 bits per heavy atom. The van der Waals surface area contributed by atoms with Gasteiger partial charge in [0.05, 0.1) is 23.7 Å². The van der Waals surface area contributed by atoms with Gasteiger partial charge in [-0.25, -0.2) is 4.98 Å². The Labute approximate surface area is 120 Å². The van der Waals surface area contributed by atoms with E-state index in [4.69, 9.17) is 9.26 Å². The van der Waals surface area contributed by atoms with Crippen molar-refractivity contribution in [1.29, 1.82) is 0 Å². The fourth-order valence-corrected chi connectivity index (χ4v) is 2.68. The van der Waals surface area contributed by atoms with Gasteiger partial charge in [-0.05, 0) is 26.7 Å². The number of aromatic nitrogens is 3. The van der Waals surface area contributed by atoms with Crippen molar-refractivity contribution in [2.75, 3.05) is 6.61 Å². The molecule has 1 saturated carbocycles. The monoisotopic (exact) mass is 293 g/mol. The summed E-state index contributed by atoms with van der Waals surface area (Å²) in [4.78, 5) is 20.6. The molecule has 6 nitrogen and oxygen atoms in total. The van der Waals surface area contributed by atoms with E-state index in [1.807, 2.05) is 12.3 Å². The molecular weight excluding hydrogens is 278 g/mol. The summed E-state index contributed by atoms with van der Waals surface area (Å²) >= 11 is 1.59. The van der Waals surface area contributed by atoms with Crippen molar-refractivity contribution >= 4 is 17.3 Å². The number of rotatable bonds is 5. The SMILES string of the molecule is CCOC(=O)C1(c2nc(Cc3csc(C)n3)no2)CC1. The molecule has 0 unspecified atom stereocenters. The Kier molecular flexibility index (Phi) is 3.29. The van der Waals surface area contributed by atoms with Gasteiger partial charge in [0.1, 0.15) is 5.41 Å². The lowest BCUT2D eigenvalue weighted by molar-refractivity contribution is -0.146. The number of esters is 1. The molecule has 20 heavy (non-hydrogen) atoms. The van der Waals surface area contributed by atoms with Gasteiger partial charge in [-0.3, -0.25) is 4.79 Å². The summed E-state index contributed by atoms with van der Waals surface area (Å²) in [6, 6.07) is 0. The molecule has 1 fully saturated rings. The lowest BCUT2D eigenvalue weighted by Crippen LogP contribution is -2.23. The van der Waals surface area contributed by atoms with Gasteiger partial charge >= 0.3 is 5.97 Å². The zero-order valence-corrected chi connectivity index (χ0v) is 12.2. The Bertz CT molecular complexity index is 630. The summed E-state index contributed by atoms with van der Waals surface area (Å²) in [5.41, 5.74) is 0.222. The number of carbonyl (C=O) groups is 1. The quantitative estimate of drug-likeness (QED) is 0.785. The smallest absolute Gasteiger partial charge is 0.321 e. The maximum absolute atomic E-state index is 11.9. The van der Waals surface area contributed by atoms with Crippen LogP contribution in [0.1, 0.15) is 42.2 Å². The molecule has 0 aromatic carbocycles. The molecule has 0 saturated heterocycles. The van der Waals surface area contributed by atoms with Crippen molar-refractivity contribution in [2.45, 2.75) is 38.5 Å². The molecule has 2 heterocycles. The van der Waals surface area contributed by atoms with E-state index in [1.54, 1.807) is 18.3 Å². The number of aryl methyl sites for hydroxylation is 1. The maximum atomic E-state index is 11.9. The van der Waals surface area contributed by atoms with Gasteiger partial charge in [-0.2, -0.15) is 4.98 Å². The summed E-state index contributed by atoms with van der Waals surface area (Å²) in [5.74, 6) is 0.665. The lowest BCUT2D eigenvalue weighted by atomic mass is 10.1. The summed E-state index contributed by atoms with van der Waals surface area (Å²) in [5, 5.41) is 6.92. The number of thiazole rings is 1. The van der Waals surface area contributed by atoms with Crippen LogP contribution in [-0.2, 0) is 21.4 Å². The number of hydrogen-bond donors (Lipinski definition) is 0. The third kappa shape index (κ3) is 2.33. The van der Waals surface area contributed by atoms with E-state index >= 15 is 0 Å². The molecule has 1 aliphatic carbocycles. The molecule has 0 atom stereocenters. The van der Waals surface area contributed by atoms with Crippen LogP contribution < -0.4 is 0 Å². The molecule has 0 N–H and O–H groups in total. The molecule has 3 rings (SSSR count). The standard InChI is InChI=1S/C13H15N3O3S/c1-3-18-12(17)13(4-5-13)11-15-10(16-19-11)6-9-7-20-8(2)14-9/h7H,3-6H2,1-2H3. The highest BCUT2D eigenvalue weighted by Gasteiger charge is 2.57. The van der Waals surface area contributed by atoms with Crippen LogP contribution in [0.3, 0.4) is 0 Å². The highest BCUT2D eigenvalue weighted by Crippen LogP contribution is 2.48. The van der Waals surface area contributed by atoms with E-state index in [9.17, 15) is 4.79 Å². The number of ether oxygens (including phenoxy) is 1. The van der Waals surface area contributed by atoms with Gasteiger partial charge < -0.3 is 9.26 Å². The first kappa shape index (κ1) is 13.2. The summed E-state index contributed by atoms with van der Waals surface area (Å²) in [6.45, 7) is 4.10. The minimum Gasteiger partial charge on any atom is -0.465 e. The van der Waals surface area contributed by atoms with Gasteiger partial charge in [0.25, 0.3) is 0 Å². The number of carbonyl (C=O) groups excluding carboxylic acids is 1. The average Bonchev–Trinajstić information content (AvgIpc) is 2.94. The van der Waals surface area contributed by atoms with Crippen molar-refractivity contribution in [3.63, 3.8) is 0 Å². The summed E-state index contributed by atoms with van der Waals surface area (Å²) in [6.07, 6.45) is 1.94. The minimum atomic E-state index is -0.695. The molecule has 1 aliphatic rings. The molecule has 2 aromatic heterocycles. The average molecular weight is 293 g/mol. The lowest BCUT2D eigenvalue weighted by Gasteiger charge is -2.07. The zero-order chi connectivity index (χ0) is 14.2. The Morgan fingerprint density at radius 3 is 2.90 bits per heavy atom. The normalized spacial score (nSPS) is 16.1. The van der Waals surface area contributed by atoms with Gasteiger partial charge in [0.2, 0.25) is 5.89 Å². The molecule has 0 amide bonds. The van der Waals surface area contributed by atoms with Crippen LogP contribution in [0.25, 0.3) is 0 Å². The summed E-state index contributed by atoms with van der Waals surface area (Å²) in [7, 11) is 0. The van der Waals surface area contributed by atoms with E-state index in [-0.39, 0.29) is 5.97 Å². The number of nitrogens with zero attached hydrogens (tertiary/aromatic N) is 3. The predicted molar refractivity (Wildman–Crippen MR) is 71.5 cm³/mol. The second-order valence-electron chi connectivity index (χ2n) is 4.85. The van der Waals surface area contributed by atoms with Crippen LogP contribution in [0, 0.1) is 6.92 Å². The van der Waals surface area contributed by atoms with Crippen molar-refractivity contribution in [1.82, 2.24) is 15.1 Å². The Balaban J connectivity index is 1.75. The molecule has 7 heteroatoms. The van der Waals surface area contributed by atoms with E-state index in [1.165, 1.54) is 0 Å². The second kappa shape index (κ2) is 4.97. The minimum absolute atomic E-state index is 0.264. The van der Waals surface area contributed by atoms with E-state index in [0.717, 1.165) is 10.7 Å². The Morgan fingerprint density at radius 2 is 2.30 bits per heavy atom. The first-order valence-corrected chi connectivity index (χ1v) is 7.43. The highest BCUT2D eigenvalue weighted by molar-refractivity contribution is 7.09. The van der Waals surface area contributed by atoms with E-state index in [0.29, 0.717) is 37.6 Å². The van der Waals surface area contributed by atoms with E-state index < -0.39 is 5.41 Å². The molecular formula is C13H15N3O3S. The van der Waals surface area contributed by atoms with Crippen LogP contribution in [0.2, 0.25) is 0 Å². The molecule has 106 valence electrons. The predicted octanol–water partition coefficient (Wildman–Crippen LogP) is 2.02. The van der Waals surface area contributed by atoms with Gasteiger partial charge in [0.15, 0.2) is 5.82 Å². The van der Waals surface area contributed by atoms with Crippen LogP contribution >= 0.6 is 11.3 Å². The van der Waals surface area contributed by atoms with Crippen molar-refractivity contribution < 1.29 is 14.1 Å². The number of hydrogen-bond acceptors (Lipinski definition) is 7. The molecule has 0 aliphatic heterocycles. The van der Waals surface area contributed by atoms with Crippen LogP contribution in [-0.4, -0.2) is 27.7 Å². The van der Waals surface area contributed by atoms with Crippen molar-refractivity contribution in [3.8, 4) is 0 Å². The van der Waals surface area contributed by atoms with Crippen molar-refractivity contribution in [3.05, 3.63) is 27.8 Å². The van der Waals surface area contributed by atoms with E-state index in [2.05, 4.69) is 15.1 Å². The van der Waals surface area contributed by atoms with Crippen LogP contribution in [0.5, 0.6) is 0 Å². The van der Waals surface area contributed by atoms with Gasteiger partial charge in [-0.15, -0.1) is 11.3 Å². The van der Waals surface area contributed by atoms with Gasteiger partial charge in [0, 0.05) is 5.38 Å². The molecule has 2 aromatic rings. The molecule has 0 bridgehead atoms. The Hall–Kier alpha value is -1.76. The van der Waals surface area contributed by atoms with Crippen LogP contribution in [0.4, 0.5) is 0 Å². The fourth-order valence-electron chi connectivity index (χ4n) is 2.07. The molecule has 0 spiro atoms. The summed E-state index contributed by atoms with van der Waals surface area (Å²) < 4.78 is 10.3. The molecule has 0 radical (unpaired) electrons. The topological polar surface area (TPSA) is 78.1 Å². The van der Waals surface area contributed by atoms with Crippen LogP contribution in [0.15, 0.2) is 9.90 Å². The first-order chi connectivity index (χ1) is 9.64. The third-order valence-electron chi connectivity index (χ3n) is 3.30. The first-order valence-electron chi connectivity index (χ1n) is 6.55. The fraction of sp³-hybridized carbons (Fsp3) is 0.538. The van der Waals surface area contributed by atoms with Gasteiger partial charge in [-0.1, -0.05) is 5.16 Å². The zero-order valence-electron chi connectivity index (χ0n) is 11.4. The largest absolute Gasteiger partial charge is 0.465 e. The third-order valence-corrected chi connectivity index (χ3v) is 4.12. The highest BCUT2D eigenvalue weighted by atomic mass is 32.1. The second-order valence-corrected chi connectivity index (χ2v) is 5.92. The maximum Gasteiger partial charge on any atom is 0.321 e.